The van der Waals surface area contributed by atoms with Gasteiger partial charge in [-0.05, 0) is 55.5 Å². The van der Waals surface area contributed by atoms with E-state index >= 15 is 0 Å². The molecule has 0 spiro atoms. The lowest BCUT2D eigenvalue weighted by atomic mass is 10.1. The van der Waals surface area contributed by atoms with Crippen molar-refractivity contribution in [3.8, 4) is 5.75 Å². The summed E-state index contributed by atoms with van der Waals surface area (Å²) in [6.07, 6.45) is 2.96. The van der Waals surface area contributed by atoms with E-state index in [9.17, 15) is 9.18 Å². The highest BCUT2D eigenvalue weighted by atomic mass is 19.1. The van der Waals surface area contributed by atoms with E-state index in [4.69, 9.17) is 4.74 Å². The summed E-state index contributed by atoms with van der Waals surface area (Å²) in [5.41, 5.74) is 1.29. The molecule has 2 rings (SSSR count). The van der Waals surface area contributed by atoms with Crippen LogP contribution >= 0.6 is 0 Å². The van der Waals surface area contributed by atoms with Crippen LogP contribution in [-0.2, 0) is 0 Å². The van der Waals surface area contributed by atoms with Crippen molar-refractivity contribution in [2.45, 2.75) is 6.92 Å². The molecule has 3 nitrogen and oxygen atoms in total. The highest BCUT2D eigenvalue weighted by Gasteiger charge is 2.01. The standard InChI is InChI=1S/C17H16FNO2/c1-2-21-16-9-7-15(8-10-16)19-12-11-17(20)13-3-5-14(18)6-4-13/h3-12,19H,2H2,1H3/b12-11+. The fourth-order valence-electron chi connectivity index (χ4n) is 1.74. The summed E-state index contributed by atoms with van der Waals surface area (Å²) in [4.78, 5) is 11.8. The first kappa shape index (κ1) is 14.8. The zero-order valence-corrected chi connectivity index (χ0v) is 11.7. The third kappa shape index (κ3) is 4.45. The second-order valence-corrected chi connectivity index (χ2v) is 4.31. The van der Waals surface area contributed by atoms with E-state index in [-0.39, 0.29) is 11.6 Å². The van der Waals surface area contributed by atoms with Crippen LogP contribution in [0, 0.1) is 5.82 Å². The van der Waals surface area contributed by atoms with E-state index in [0.717, 1.165) is 11.4 Å². The molecule has 0 aliphatic heterocycles. The molecule has 0 aliphatic rings. The van der Waals surface area contributed by atoms with Crippen LogP contribution in [-0.4, -0.2) is 12.4 Å². The second-order valence-electron chi connectivity index (χ2n) is 4.31. The van der Waals surface area contributed by atoms with E-state index in [0.29, 0.717) is 12.2 Å². The minimum atomic E-state index is -0.358. The Morgan fingerprint density at radius 3 is 2.43 bits per heavy atom. The second kappa shape index (κ2) is 7.24. The van der Waals surface area contributed by atoms with Gasteiger partial charge in [0.1, 0.15) is 11.6 Å². The van der Waals surface area contributed by atoms with Crippen LogP contribution in [0.5, 0.6) is 5.75 Å². The van der Waals surface area contributed by atoms with Crippen LogP contribution in [0.2, 0.25) is 0 Å². The topological polar surface area (TPSA) is 38.3 Å². The zero-order valence-electron chi connectivity index (χ0n) is 11.7. The number of rotatable bonds is 6. The number of allylic oxidation sites excluding steroid dienone is 1. The van der Waals surface area contributed by atoms with Crippen LogP contribution in [0.1, 0.15) is 17.3 Å². The summed E-state index contributed by atoms with van der Waals surface area (Å²) < 4.78 is 18.1. The van der Waals surface area contributed by atoms with Gasteiger partial charge in [0.05, 0.1) is 6.61 Å². The number of carbonyl (C=O) groups is 1. The van der Waals surface area contributed by atoms with Gasteiger partial charge in [0.15, 0.2) is 5.78 Å². The Labute approximate surface area is 123 Å². The Morgan fingerprint density at radius 1 is 1.14 bits per heavy atom. The minimum absolute atomic E-state index is 0.187. The lowest BCUT2D eigenvalue weighted by Crippen LogP contribution is -1.96. The quantitative estimate of drug-likeness (QED) is 0.643. The number of carbonyl (C=O) groups excluding carboxylic acids is 1. The molecule has 0 unspecified atom stereocenters. The molecule has 0 amide bonds. The highest BCUT2D eigenvalue weighted by Crippen LogP contribution is 2.15. The molecule has 0 atom stereocenters. The summed E-state index contributed by atoms with van der Waals surface area (Å²) in [5, 5.41) is 2.99. The van der Waals surface area contributed by atoms with Gasteiger partial charge in [-0.25, -0.2) is 4.39 Å². The maximum atomic E-state index is 12.8. The first-order valence-electron chi connectivity index (χ1n) is 6.65. The largest absolute Gasteiger partial charge is 0.494 e. The number of nitrogens with one attached hydrogen (secondary N) is 1. The van der Waals surface area contributed by atoms with Gasteiger partial charge in [0.2, 0.25) is 0 Å². The Bertz CT molecular complexity index is 618. The van der Waals surface area contributed by atoms with Gasteiger partial charge in [-0.15, -0.1) is 0 Å². The van der Waals surface area contributed by atoms with Crippen LogP contribution < -0.4 is 10.1 Å². The lowest BCUT2D eigenvalue weighted by molar-refractivity contribution is 0.104. The van der Waals surface area contributed by atoms with Gasteiger partial charge in [0, 0.05) is 23.5 Å². The maximum Gasteiger partial charge on any atom is 0.187 e. The normalized spacial score (nSPS) is 10.6. The van der Waals surface area contributed by atoms with E-state index in [1.165, 1.54) is 30.3 Å². The number of hydrogen-bond acceptors (Lipinski definition) is 3. The van der Waals surface area contributed by atoms with Crippen LogP contribution in [0.4, 0.5) is 10.1 Å². The molecule has 0 radical (unpaired) electrons. The molecule has 0 bridgehead atoms. The minimum Gasteiger partial charge on any atom is -0.494 e. The van der Waals surface area contributed by atoms with E-state index in [1.54, 1.807) is 6.20 Å². The summed E-state index contributed by atoms with van der Waals surface area (Å²) in [5.74, 6) is 0.255. The molecular weight excluding hydrogens is 269 g/mol. The zero-order chi connectivity index (χ0) is 15.1. The maximum absolute atomic E-state index is 12.8. The fraction of sp³-hybridized carbons (Fsp3) is 0.118. The molecule has 1 N–H and O–H groups in total. The number of ether oxygens (including phenoxy) is 1. The predicted octanol–water partition coefficient (Wildman–Crippen LogP) is 4.03. The smallest absolute Gasteiger partial charge is 0.187 e. The Hall–Kier alpha value is -2.62. The van der Waals surface area contributed by atoms with Gasteiger partial charge in [-0.3, -0.25) is 4.79 Å². The van der Waals surface area contributed by atoms with Gasteiger partial charge >= 0.3 is 0 Å². The van der Waals surface area contributed by atoms with Crippen molar-refractivity contribution in [3.05, 3.63) is 72.2 Å². The number of halogens is 1. The predicted molar refractivity (Wildman–Crippen MR) is 81.1 cm³/mol. The molecule has 2 aromatic rings. The third-order valence-electron chi connectivity index (χ3n) is 2.78. The van der Waals surface area contributed by atoms with Crippen molar-refractivity contribution in [1.82, 2.24) is 0 Å². The summed E-state index contributed by atoms with van der Waals surface area (Å²) in [6, 6.07) is 12.9. The average Bonchev–Trinajstić information content (AvgIpc) is 2.50. The summed E-state index contributed by atoms with van der Waals surface area (Å²) in [7, 11) is 0. The SMILES string of the molecule is CCOc1ccc(N/C=C/C(=O)c2ccc(F)cc2)cc1. The molecule has 0 saturated carbocycles. The first-order valence-corrected chi connectivity index (χ1v) is 6.65. The van der Waals surface area contributed by atoms with Crippen molar-refractivity contribution in [2.24, 2.45) is 0 Å². The van der Waals surface area contributed by atoms with Gasteiger partial charge in [-0.2, -0.15) is 0 Å². The van der Waals surface area contributed by atoms with Gasteiger partial charge in [0.25, 0.3) is 0 Å². The molecule has 0 fully saturated rings. The van der Waals surface area contributed by atoms with Crippen molar-refractivity contribution in [1.29, 1.82) is 0 Å². The number of ketones is 1. The first-order chi connectivity index (χ1) is 10.2. The van der Waals surface area contributed by atoms with Crippen molar-refractivity contribution in [2.75, 3.05) is 11.9 Å². The molecule has 0 saturated heterocycles. The third-order valence-corrected chi connectivity index (χ3v) is 2.78. The Balaban J connectivity index is 1.92. The van der Waals surface area contributed by atoms with Crippen LogP contribution in [0.3, 0.4) is 0 Å². The van der Waals surface area contributed by atoms with E-state index in [2.05, 4.69) is 5.32 Å². The molecule has 0 aromatic heterocycles. The number of benzene rings is 2. The fourth-order valence-corrected chi connectivity index (χ4v) is 1.74. The summed E-state index contributed by atoms with van der Waals surface area (Å²) in [6.45, 7) is 2.55. The molecule has 21 heavy (non-hydrogen) atoms. The summed E-state index contributed by atoms with van der Waals surface area (Å²) >= 11 is 0. The van der Waals surface area contributed by atoms with Crippen molar-refractivity contribution in [3.63, 3.8) is 0 Å². The number of hydrogen-bond donors (Lipinski definition) is 1. The molecule has 0 aliphatic carbocycles. The van der Waals surface area contributed by atoms with Crippen LogP contribution in [0.25, 0.3) is 0 Å². The molecule has 4 heteroatoms. The molecule has 108 valence electrons. The Kier molecular flexibility index (Phi) is 5.10. The van der Waals surface area contributed by atoms with Crippen molar-refractivity contribution < 1.29 is 13.9 Å². The van der Waals surface area contributed by atoms with Gasteiger partial charge in [-0.1, -0.05) is 0 Å². The molecule has 0 heterocycles. The molecule has 2 aromatic carbocycles. The highest BCUT2D eigenvalue weighted by molar-refractivity contribution is 6.04. The average molecular weight is 285 g/mol. The van der Waals surface area contributed by atoms with E-state index < -0.39 is 0 Å². The molecular formula is C17H16FNO2. The van der Waals surface area contributed by atoms with Crippen molar-refractivity contribution >= 4 is 11.5 Å². The Morgan fingerprint density at radius 2 is 1.81 bits per heavy atom. The van der Waals surface area contributed by atoms with Crippen LogP contribution in [0.15, 0.2) is 60.8 Å². The van der Waals surface area contributed by atoms with Gasteiger partial charge < -0.3 is 10.1 Å². The number of anilines is 1. The van der Waals surface area contributed by atoms with E-state index in [1.807, 2.05) is 31.2 Å². The monoisotopic (exact) mass is 285 g/mol. The lowest BCUT2D eigenvalue weighted by Gasteiger charge is -2.04.